The van der Waals surface area contributed by atoms with E-state index < -0.39 is 16.0 Å². The van der Waals surface area contributed by atoms with Crippen LogP contribution in [0.15, 0.2) is 64.4 Å². The Bertz CT molecular complexity index is 916. The van der Waals surface area contributed by atoms with Gasteiger partial charge in [-0.2, -0.15) is 16.4 Å². The summed E-state index contributed by atoms with van der Waals surface area (Å²) in [5.41, 5.74) is 1.27. The van der Waals surface area contributed by atoms with Crippen LogP contribution in [0, 0.1) is 0 Å². The molecule has 136 valence electrons. The van der Waals surface area contributed by atoms with Gasteiger partial charge in [0.2, 0.25) is 10.0 Å². The topological polar surface area (TPSA) is 90.3 Å². The number of sulfonamides is 1. The highest BCUT2D eigenvalue weighted by Gasteiger charge is 2.20. The van der Waals surface area contributed by atoms with Crippen molar-refractivity contribution in [1.29, 1.82) is 0 Å². The fourth-order valence-electron chi connectivity index (χ4n) is 2.45. The summed E-state index contributed by atoms with van der Waals surface area (Å²) < 4.78 is 34.1. The third-order valence-corrected chi connectivity index (χ3v) is 5.97. The largest absolute Gasteiger partial charge is 0.465 e. The third kappa shape index (κ3) is 4.01. The monoisotopic (exact) mass is 391 g/mol. The molecule has 0 aliphatic carbocycles. The van der Waals surface area contributed by atoms with E-state index in [0.29, 0.717) is 5.56 Å². The second-order valence-electron chi connectivity index (χ2n) is 5.43. The Morgan fingerprint density at radius 2 is 2.08 bits per heavy atom. The number of aromatic nitrogens is 2. The highest BCUT2D eigenvalue weighted by molar-refractivity contribution is 7.89. The smallest absolute Gasteiger partial charge is 0.337 e. The first-order valence-corrected chi connectivity index (χ1v) is 10.1. The molecule has 0 radical (unpaired) electrons. The average molecular weight is 391 g/mol. The molecule has 7 nitrogen and oxygen atoms in total. The number of benzene rings is 1. The lowest BCUT2D eigenvalue weighted by Gasteiger charge is -2.17. The first-order chi connectivity index (χ1) is 12.5. The molecule has 0 aliphatic heterocycles. The number of hydrogen-bond acceptors (Lipinski definition) is 6. The van der Waals surface area contributed by atoms with E-state index in [-0.39, 0.29) is 17.5 Å². The maximum absolute atomic E-state index is 12.6. The second kappa shape index (κ2) is 7.81. The molecule has 0 spiro atoms. The minimum atomic E-state index is -3.73. The molecule has 0 amide bonds. The van der Waals surface area contributed by atoms with Gasteiger partial charge in [-0.05, 0) is 52.7 Å². The molecule has 0 fully saturated rings. The average Bonchev–Trinajstić information content (AvgIpc) is 3.36. The van der Waals surface area contributed by atoms with Crippen LogP contribution in [-0.4, -0.2) is 37.8 Å². The Balaban J connectivity index is 1.77. The first-order valence-electron chi connectivity index (χ1n) is 7.70. The molecule has 3 rings (SSSR count). The molecule has 2 aromatic heterocycles. The van der Waals surface area contributed by atoms with Gasteiger partial charge in [-0.1, -0.05) is 0 Å². The molecule has 9 heteroatoms. The van der Waals surface area contributed by atoms with Gasteiger partial charge >= 0.3 is 5.97 Å². The van der Waals surface area contributed by atoms with Crippen LogP contribution in [0.5, 0.6) is 0 Å². The highest BCUT2D eigenvalue weighted by Crippen LogP contribution is 2.20. The van der Waals surface area contributed by atoms with Crippen molar-refractivity contribution in [1.82, 2.24) is 14.5 Å². The van der Waals surface area contributed by atoms with E-state index in [2.05, 4.69) is 14.6 Å². The maximum atomic E-state index is 12.6. The molecule has 2 heterocycles. The lowest BCUT2D eigenvalue weighted by Crippen LogP contribution is -2.31. The zero-order valence-corrected chi connectivity index (χ0v) is 15.5. The standard InChI is InChI=1S/C17H17N3O4S2/c1-24-17(21)13-3-5-15(6-4-13)26(22,23)19-11-16(14-7-10-25-12-14)20-9-2-8-18-20/h2-10,12,16,19H,11H2,1H3/t16-/m0/s1. The molecule has 0 aliphatic rings. The van der Waals surface area contributed by atoms with Crippen molar-refractivity contribution in [2.45, 2.75) is 10.9 Å². The van der Waals surface area contributed by atoms with Gasteiger partial charge in [0, 0.05) is 18.9 Å². The number of ether oxygens (including phenoxy) is 1. The SMILES string of the molecule is COC(=O)c1ccc(S(=O)(=O)NC[C@@H](c2ccsc2)n2cccn2)cc1. The summed E-state index contributed by atoms with van der Waals surface area (Å²) in [4.78, 5) is 11.5. The Labute approximate surface area is 155 Å². The molecular weight excluding hydrogens is 374 g/mol. The predicted molar refractivity (Wildman–Crippen MR) is 97.7 cm³/mol. The maximum Gasteiger partial charge on any atom is 0.337 e. The van der Waals surface area contributed by atoms with Crippen LogP contribution in [0.2, 0.25) is 0 Å². The summed E-state index contributed by atoms with van der Waals surface area (Å²) in [5.74, 6) is -0.516. The molecule has 0 unspecified atom stereocenters. The molecule has 0 saturated heterocycles. The molecule has 1 aromatic carbocycles. The van der Waals surface area contributed by atoms with Crippen molar-refractivity contribution < 1.29 is 17.9 Å². The fraction of sp³-hybridized carbons (Fsp3) is 0.176. The number of hydrogen-bond donors (Lipinski definition) is 1. The van der Waals surface area contributed by atoms with Gasteiger partial charge in [0.15, 0.2) is 0 Å². The van der Waals surface area contributed by atoms with E-state index in [1.165, 1.54) is 42.7 Å². The number of nitrogens with zero attached hydrogens (tertiary/aromatic N) is 2. The fourth-order valence-corrected chi connectivity index (χ4v) is 4.20. The van der Waals surface area contributed by atoms with Gasteiger partial charge in [0.1, 0.15) is 0 Å². The van der Waals surface area contributed by atoms with Crippen molar-refractivity contribution >= 4 is 27.3 Å². The number of nitrogens with one attached hydrogen (secondary N) is 1. The molecule has 0 saturated carbocycles. The van der Waals surface area contributed by atoms with Crippen molar-refractivity contribution in [2.75, 3.05) is 13.7 Å². The summed E-state index contributed by atoms with van der Waals surface area (Å²) in [6.45, 7) is 0.152. The summed E-state index contributed by atoms with van der Waals surface area (Å²) in [6, 6.07) is 9.08. The number of thiophene rings is 1. The van der Waals surface area contributed by atoms with Crippen LogP contribution in [-0.2, 0) is 14.8 Å². The van der Waals surface area contributed by atoms with Gasteiger partial charge in [0.25, 0.3) is 0 Å². The molecule has 3 aromatic rings. The quantitative estimate of drug-likeness (QED) is 0.624. The van der Waals surface area contributed by atoms with Crippen LogP contribution in [0.4, 0.5) is 0 Å². The van der Waals surface area contributed by atoms with Gasteiger partial charge in [-0.3, -0.25) is 4.68 Å². The van der Waals surface area contributed by atoms with Gasteiger partial charge < -0.3 is 4.74 Å². The van der Waals surface area contributed by atoms with Gasteiger partial charge in [-0.15, -0.1) is 0 Å². The Hall–Kier alpha value is -2.49. The van der Waals surface area contributed by atoms with E-state index >= 15 is 0 Å². The molecule has 0 bridgehead atoms. The van der Waals surface area contributed by atoms with Crippen molar-refractivity contribution in [3.8, 4) is 0 Å². The number of carbonyl (C=O) groups excluding carboxylic acids is 1. The minimum absolute atomic E-state index is 0.0784. The molecule has 1 N–H and O–H groups in total. The predicted octanol–water partition coefficient (Wildman–Crippen LogP) is 2.30. The van der Waals surface area contributed by atoms with Crippen LogP contribution < -0.4 is 4.72 Å². The Morgan fingerprint density at radius 3 is 2.65 bits per heavy atom. The van der Waals surface area contributed by atoms with Crippen molar-refractivity contribution in [3.05, 3.63) is 70.7 Å². The summed E-state index contributed by atoms with van der Waals surface area (Å²) >= 11 is 1.54. The van der Waals surface area contributed by atoms with Crippen molar-refractivity contribution in [2.24, 2.45) is 0 Å². The summed E-state index contributed by atoms with van der Waals surface area (Å²) in [5, 5.41) is 8.12. The number of carbonyl (C=O) groups is 1. The van der Waals surface area contributed by atoms with E-state index in [1.54, 1.807) is 23.1 Å². The molecule has 26 heavy (non-hydrogen) atoms. The zero-order chi connectivity index (χ0) is 18.6. The summed E-state index contributed by atoms with van der Waals surface area (Å²) in [6.07, 6.45) is 3.45. The lowest BCUT2D eigenvalue weighted by molar-refractivity contribution is 0.0600. The molecule has 1 atom stereocenters. The number of esters is 1. The number of rotatable bonds is 7. The summed E-state index contributed by atoms with van der Waals surface area (Å²) in [7, 11) is -2.45. The Morgan fingerprint density at radius 1 is 1.31 bits per heavy atom. The minimum Gasteiger partial charge on any atom is -0.465 e. The van der Waals surface area contributed by atoms with Crippen LogP contribution >= 0.6 is 11.3 Å². The third-order valence-electron chi connectivity index (χ3n) is 3.82. The van der Waals surface area contributed by atoms with E-state index in [4.69, 9.17) is 0 Å². The number of methoxy groups -OCH3 is 1. The van der Waals surface area contributed by atoms with Crippen LogP contribution in [0.1, 0.15) is 22.0 Å². The second-order valence-corrected chi connectivity index (χ2v) is 7.97. The van der Waals surface area contributed by atoms with Gasteiger partial charge in [-0.25, -0.2) is 17.9 Å². The zero-order valence-electron chi connectivity index (χ0n) is 13.9. The van der Waals surface area contributed by atoms with Crippen molar-refractivity contribution in [3.63, 3.8) is 0 Å². The van der Waals surface area contributed by atoms with Crippen LogP contribution in [0.25, 0.3) is 0 Å². The normalized spacial score (nSPS) is 12.7. The lowest BCUT2D eigenvalue weighted by atomic mass is 10.1. The van der Waals surface area contributed by atoms with E-state index in [9.17, 15) is 13.2 Å². The Kier molecular flexibility index (Phi) is 5.50. The van der Waals surface area contributed by atoms with E-state index in [0.717, 1.165) is 5.56 Å². The van der Waals surface area contributed by atoms with Crippen LogP contribution in [0.3, 0.4) is 0 Å². The van der Waals surface area contributed by atoms with Gasteiger partial charge in [0.05, 0.1) is 23.6 Å². The first kappa shape index (κ1) is 18.3. The molecular formula is C17H17N3O4S2. The highest BCUT2D eigenvalue weighted by atomic mass is 32.2. The van der Waals surface area contributed by atoms with E-state index in [1.807, 2.05) is 16.8 Å².